The molecule has 1 radical (unpaired) electrons. The zero-order chi connectivity index (χ0) is 14.7. The van der Waals surface area contributed by atoms with Crippen LogP contribution in [0.3, 0.4) is 0 Å². The first-order valence-corrected chi connectivity index (χ1v) is 7.28. The Morgan fingerprint density at radius 1 is 1.40 bits per heavy atom. The van der Waals surface area contributed by atoms with Crippen molar-refractivity contribution in [3.05, 3.63) is 35.7 Å². The van der Waals surface area contributed by atoms with Crippen molar-refractivity contribution in [3.63, 3.8) is 0 Å². The largest absolute Gasteiger partial charge is 0.381 e. The minimum Gasteiger partial charge on any atom is -0.381 e. The molecule has 1 rings (SSSR count). The molecule has 0 saturated carbocycles. The van der Waals surface area contributed by atoms with E-state index in [-0.39, 0.29) is 32.7 Å². The van der Waals surface area contributed by atoms with Gasteiger partial charge in [0.15, 0.2) is 0 Å². The molecule has 109 valence electrons. The van der Waals surface area contributed by atoms with Crippen LogP contribution in [0.1, 0.15) is 59.2 Å². The van der Waals surface area contributed by atoms with Gasteiger partial charge in [-0.2, -0.15) is 6.07 Å². The molecular formula is C17H27N2Y-. The van der Waals surface area contributed by atoms with Crippen molar-refractivity contribution in [1.29, 1.82) is 0 Å². The van der Waals surface area contributed by atoms with Crippen molar-refractivity contribution in [3.8, 4) is 0 Å². The van der Waals surface area contributed by atoms with Gasteiger partial charge in [-0.1, -0.05) is 53.3 Å². The number of nitrogens with zero attached hydrogens (tertiary/aromatic N) is 2. The Morgan fingerprint density at radius 2 is 2.05 bits per heavy atom. The second-order valence-electron chi connectivity index (χ2n) is 4.15. The maximum Gasteiger partial charge on any atom is 0.0281 e. The van der Waals surface area contributed by atoms with E-state index in [1.54, 1.807) is 0 Å². The molecule has 0 unspecified atom stereocenters. The predicted octanol–water partition coefficient (Wildman–Crippen LogP) is 4.95. The van der Waals surface area contributed by atoms with Gasteiger partial charge >= 0.3 is 0 Å². The molecular weight excluding hydrogens is 321 g/mol. The molecule has 0 spiro atoms. The summed E-state index contributed by atoms with van der Waals surface area (Å²) in [7, 11) is 0. The molecule has 1 atom stereocenters. The van der Waals surface area contributed by atoms with E-state index in [2.05, 4.69) is 36.8 Å². The summed E-state index contributed by atoms with van der Waals surface area (Å²) >= 11 is 0. The summed E-state index contributed by atoms with van der Waals surface area (Å²) in [6.45, 7) is 12.4. The van der Waals surface area contributed by atoms with E-state index in [0.29, 0.717) is 5.92 Å². The Labute approximate surface area is 150 Å². The van der Waals surface area contributed by atoms with Gasteiger partial charge in [0.05, 0.1) is 0 Å². The molecule has 0 aliphatic carbocycles. The average molecular weight is 348 g/mol. The van der Waals surface area contributed by atoms with Gasteiger partial charge in [-0.15, -0.1) is 11.6 Å². The summed E-state index contributed by atoms with van der Waals surface area (Å²) in [5.41, 5.74) is 2.95. The standard InChI is InChI=1S/C15H21N2.C2H6.Y/c1-5-12(4)10-16-14(7-3)15-9-8-13(6-2)11-17-15;1-2;/h7,9-12H,5-6H2,1-4H3;1-2H3;/q-1;;/b14-7-,16-10?;;/t12-;;/m1../s1. The number of hydrogen-bond acceptors (Lipinski definition) is 2. The van der Waals surface area contributed by atoms with Crippen LogP contribution < -0.4 is 0 Å². The molecule has 3 heteroatoms. The maximum atomic E-state index is 4.49. The minimum atomic E-state index is 0. The van der Waals surface area contributed by atoms with Crippen LogP contribution in [0.2, 0.25) is 0 Å². The Bertz CT molecular complexity index is 394. The second kappa shape index (κ2) is 13.6. The van der Waals surface area contributed by atoms with E-state index in [4.69, 9.17) is 0 Å². The van der Waals surface area contributed by atoms with Gasteiger partial charge < -0.3 is 4.98 Å². The second-order valence-corrected chi connectivity index (χ2v) is 4.15. The third-order valence-corrected chi connectivity index (χ3v) is 2.78. The molecule has 0 aliphatic heterocycles. The number of aliphatic imine (C=N–C) groups is 1. The number of pyridine rings is 1. The zero-order valence-corrected chi connectivity index (χ0v) is 16.6. The summed E-state index contributed by atoms with van der Waals surface area (Å²) < 4.78 is 0. The Kier molecular flexibility index (Phi) is 15.0. The molecule has 1 aromatic heterocycles. The van der Waals surface area contributed by atoms with Crippen LogP contribution in [0.5, 0.6) is 0 Å². The fraction of sp³-hybridized carbons (Fsp3) is 0.529. The van der Waals surface area contributed by atoms with E-state index < -0.39 is 0 Å². The molecule has 0 N–H and O–H groups in total. The van der Waals surface area contributed by atoms with Crippen molar-refractivity contribution in [2.24, 2.45) is 10.9 Å². The summed E-state index contributed by atoms with van der Waals surface area (Å²) in [6.07, 6.45) is 7.92. The number of hydrogen-bond donors (Lipinski definition) is 0. The van der Waals surface area contributed by atoms with Gasteiger partial charge in [-0.05, 0) is 25.0 Å². The first-order valence-electron chi connectivity index (χ1n) is 7.28. The molecule has 0 saturated heterocycles. The van der Waals surface area contributed by atoms with Crippen molar-refractivity contribution in [2.45, 2.75) is 54.4 Å². The Balaban J connectivity index is 0. The van der Waals surface area contributed by atoms with Gasteiger partial charge in [0.1, 0.15) is 0 Å². The minimum absolute atomic E-state index is 0. The Hall–Kier alpha value is -0.336. The van der Waals surface area contributed by atoms with Crippen LogP contribution in [-0.4, -0.2) is 11.2 Å². The average Bonchev–Trinajstić information content (AvgIpc) is 2.50. The quantitative estimate of drug-likeness (QED) is 0.546. The summed E-state index contributed by atoms with van der Waals surface area (Å²) in [5, 5.41) is 0. The van der Waals surface area contributed by atoms with Gasteiger partial charge in [0.25, 0.3) is 0 Å². The van der Waals surface area contributed by atoms with Crippen molar-refractivity contribution in [1.82, 2.24) is 4.98 Å². The van der Waals surface area contributed by atoms with E-state index in [1.807, 2.05) is 45.3 Å². The monoisotopic (exact) mass is 348 g/mol. The smallest absolute Gasteiger partial charge is 0.0281 e. The van der Waals surface area contributed by atoms with E-state index in [0.717, 1.165) is 29.8 Å². The van der Waals surface area contributed by atoms with Crippen molar-refractivity contribution >= 4 is 11.9 Å². The van der Waals surface area contributed by atoms with Crippen molar-refractivity contribution in [2.75, 3.05) is 0 Å². The molecule has 1 heterocycles. The molecule has 0 fully saturated rings. The predicted molar refractivity (Wildman–Crippen MR) is 85.4 cm³/mol. The molecule has 0 bridgehead atoms. The third-order valence-electron chi connectivity index (χ3n) is 2.78. The van der Waals surface area contributed by atoms with Gasteiger partial charge in [0.2, 0.25) is 0 Å². The molecule has 0 amide bonds. The molecule has 1 aromatic rings. The van der Waals surface area contributed by atoms with Gasteiger partial charge in [-0.25, -0.2) is 0 Å². The third kappa shape index (κ3) is 8.06. The summed E-state index contributed by atoms with van der Waals surface area (Å²) in [6, 6.07) is 5.14. The summed E-state index contributed by atoms with van der Waals surface area (Å²) in [5.74, 6) is 0.504. The van der Waals surface area contributed by atoms with Gasteiger partial charge in [0, 0.05) is 44.6 Å². The topological polar surface area (TPSA) is 25.2 Å². The van der Waals surface area contributed by atoms with Gasteiger partial charge in [-0.3, -0.25) is 4.99 Å². The number of rotatable bonds is 5. The summed E-state index contributed by atoms with van der Waals surface area (Å²) in [4.78, 5) is 8.90. The van der Waals surface area contributed by atoms with Crippen LogP contribution in [-0.2, 0) is 39.1 Å². The maximum absolute atomic E-state index is 4.49. The van der Waals surface area contributed by atoms with E-state index >= 15 is 0 Å². The fourth-order valence-electron chi connectivity index (χ4n) is 1.32. The van der Waals surface area contributed by atoms with Crippen LogP contribution in [0.15, 0.2) is 23.3 Å². The molecule has 2 nitrogen and oxygen atoms in total. The zero-order valence-electron chi connectivity index (χ0n) is 13.8. The van der Waals surface area contributed by atoms with E-state index in [9.17, 15) is 0 Å². The fourth-order valence-corrected chi connectivity index (χ4v) is 1.32. The first kappa shape index (κ1) is 22.0. The van der Waals surface area contributed by atoms with E-state index in [1.165, 1.54) is 0 Å². The van der Waals surface area contributed by atoms with Crippen LogP contribution >= 0.6 is 0 Å². The van der Waals surface area contributed by atoms with Crippen LogP contribution in [0.4, 0.5) is 0 Å². The molecule has 0 aromatic carbocycles. The normalized spacial score (nSPS) is 12.4. The SMILES string of the molecule is C/C=C(\N=C[C@H](C)CC)c1c[c-]c(CC)cn1.CC.[Y]. The number of allylic oxidation sites excluding steroid dienone is 1. The van der Waals surface area contributed by atoms with Crippen LogP contribution in [0, 0.1) is 12.0 Å². The number of aromatic nitrogens is 1. The Morgan fingerprint density at radius 3 is 2.45 bits per heavy atom. The molecule has 20 heavy (non-hydrogen) atoms. The number of aryl methyl sites for hydroxylation is 1. The van der Waals surface area contributed by atoms with Crippen LogP contribution in [0.25, 0.3) is 5.70 Å². The van der Waals surface area contributed by atoms with Crippen molar-refractivity contribution < 1.29 is 32.7 Å². The molecule has 0 aliphatic rings. The first-order chi connectivity index (χ1) is 9.21.